The molecule has 0 atom stereocenters. The highest BCUT2D eigenvalue weighted by Gasteiger charge is 2.22. The predicted molar refractivity (Wildman–Crippen MR) is 120 cm³/mol. The van der Waals surface area contributed by atoms with Gasteiger partial charge in [0.05, 0.1) is 36.8 Å². The summed E-state index contributed by atoms with van der Waals surface area (Å²) < 4.78 is 12.7. The molecule has 2 heterocycles. The van der Waals surface area contributed by atoms with E-state index in [0.717, 1.165) is 35.2 Å². The van der Waals surface area contributed by atoms with Crippen molar-refractivity contribution in [3.8, 4) is 11.8 Å². The highest BCUT2D eigenvalue weighted by atomic mass is 32.2. The number of aromatic nitrogens is 2. The predicted octanol–water partition coefficient (Wildman–Crippen LogP) is 4.03. The van der Waals surface area contributed by atoms with E-state index in [4.69, 9.17) is 19.7 Å². The first-order valence-electron chi connectivity index (χ1n) is 10.0. The fourth-order valence-corrected chi connectivity index (χ4v) is 5.77. The highest BCUT2D eigenvalue weighted by molar-refractivity contribution is 7.99. The summed E-state index contributed by atoms with van der Waals surface area (Å²) in [6.07, 6.45) is 4.35. The Hall–Kier alpha value is -2.34. The van der Waals surface area contributed by atoms with Gasteiger partial charge in [-0.3, -0.25) is 9.36 Å². The standard InChI is InChI=1S/C22H23N3O3S2/c1-27-11-10-25-21(26)19-17-4-2-3-5-18(17)30-20(19)24-22(25)29-13-12-28-16-8-6-15(14-23)7-9-16/h6-9H,2-5,10-13H2,1H3. The highest BCUT2D eigenvalue weighted by Crippen LogP contribution is 2.34. The zero-order valence-corrected chi connectivity index (χ0v) is 18.5. The summed E-state index contributed by atoms with van der Waals surface area (Å²) in [5, 5.41) is 10.4. The summed E-state index contributed by atoms with van der Waals surface area (Å²) >= 11 is 3.20. The lowest BCUT2D eigenvalue weighted by atomic mass is 9.97. The quantitative estimate of drug-likeness (QED) is 0.298. The van der Waals surface area contributed by atoms with Gasteiger partial charge in [-0.2, -0.15) is 5.26 Å². The van der Waals surface area contributed by atoms with Crippen LogP contribution in [0.15, 0.2) is 34.2 Å². The van der Waals surface area contributed by atoms with Crippen LogP contribution < -0.4 is 10.3 Å². The number of rotatable bonds is 8. The maximum Gasteiger partial charge on any atom is 0.263 e. The Morgan fingerprint density at radius 3 is 2.80 bits per heavy atom. The van der Waals surface area contributed by atoms with Gasteiger partial charge in [-0.15, -0.1) is 11.3 Å². The molecule has 1 aliphatic carbocycles. The van der Waals surface area contributed by atoms with Crippen LogP contribution in [-0.4, -0.2) is 35.6 Å². The van der Waals surface area contributed by atoms with Crippen molar-refractivity contribution in [2.75, 3.05) is 26.1 Å². The van der Waals surface area contributed by atoms with E-state index in [1.807, 2.05) is 0 Å². The molecule has 156 valence electrons. The number of ether oxygens (including phenoxy) is 2. The molecule has 0 aliphatic heterocycles. The van der Waals surface area contributed by atoms with Gasteiger partial charge in [-0.1, -0.05) is 11.8 Å². The fourth-order valence-electron chi connectivity index (χ4n) is 3.63. The van der Waals surface area contributed by atoms with E-state index < -0.39 is 0 Å². The molecule has 0 N–H and O–H groups in total. The smallest absolute Gasteiger partial charge is 0.263 e. The van der Waals surface area contributed by atoms with Crippen LogP contribution >= 0.6 is 23.1 Å². The molecule has 0 unspecified atom stereocenters. The molecule has 30 heavy (non-hydrogen) atoms. The molecule has 0 fully saturated rings. The summed E-state index contributed by atoms with van der Waals surface area (Å²) in [7, 11) is 1.64. The topological polar surface area (TPSA) is 77.1 Å². The van der Waals surface area contributed by atoms with Gasteiger partial charge in [-0.25, -0.2) is 4.98 Å². The summed E-state index contributed by atoms with van der Waals surface area (Å²) in [6, 6.07) is 9.14. The molecule has 1 aromatic carbocycles. The Kier molecular flexibility index (Phi) is 6.72. The Balaban J connectivity index is 1.53. The van der Waals surface area contributed by atoms with Gasteiger partial charge in [0.2, 0.25) is 0 Å². The molecule has 0 saturated heterocycles. The third kappa shape index (κ3) is 4.38. The SMILES string of the molecule is COCCn1c(SCCOc2ccc(C#N)cc2)nc2sc3c(c2c1=O)CCCC3. The van der Waals surface area contributed by atoms with Crippen molar-refractivity contribution < 1.29 is 9.47 Å². The van der Waals surface area contributed by atoms with Crippen LogP contribution in [0.1, 0.15) is 28.8 Å². The van der Waals surface area contributed by atoms with Crippen molar-refractivity contribution in [1.29, 1.82) is 5.26 Å². The van der Waals surface area contributed by atoms with Gasteiger partial charge in [0.25, 0.3) is 5.56 Å². The van der Waals surface area contributed by atoms with E-state index in [9.17, 15) is 4.79 Å². The molecule has 3 aromatic rings. The number of hydrogen-bond acceptors (Lipinski definition) is 7. The molecule has 0 saturated carbocycles. The Morgan fingerprint density at radius 1 is 1.23 bits per heavy atom. The summed E-state index contributed by atoms with van der Waals surface area (Å²) in [5.74, 6) is 1.39. The molecule has 2 aromatic heterocycles. The van der Waals surface area contributed by atoms with E-state index in [1.54, 1.807) is 47.3 Å². The Morgan fingerprint density at radius 2 is 2.03 bits per heavy atom. The number of thioether (sulfide) groups is 1. The zero-order valence-electron chi connectivity index (χ0n) is 16.8. The van der Waals surface area contributed by atoms with Gasteiger partial charge in [-0.05, 0) is 55.5 Å². The fraction of sp³-hybridized carbons (Fsp3) is 0.409. The van der Waals surface area contributed by atoms with Crippen LogP contribution in [-0.2, 0) is 24.1 Å². The van der Waals surface area contributed by atoms with Crippen molar-refractivity contribution in [1.82, 2.24) is 9.55 Å². The molecule has 0 bridgehead atoms. The second kappa shape index (κ2) is 9.65. The van der Waals surface area contributed by atoms with Gasteiger partial charge < -0.3 is 9.47 Å². The lowest BCUT2D eigenvalue weighted by molar-refractivity contribution is 0.183. The van der Waals surface area contributed by atoms with E-state index >= 15 is 0 Å². The minimum absolute atomic E-state index is 0.0481. The first-order chi connectivity index (χ1) is 14.7. The third-order valence-electron chi connectivity index (χ3n) is 5.13. The second-order valence-corrected chi connectivity index (χ2v) is 9.21. The number of benzene rings is 1. The lowest BCUT2D eigenvalue weighted by Crippen LogP contribution is -2.25. The van der Waals surface area contributed by atoms with Crippen LogP contribution in [0.3, 0.4) is 0 Å². The van der Waals surface area contributed by atoms with Crippen LogP contribution in [0.5, 0.6) is 5.75 Å². The molecule has 4 rings (SSSR count). The van der Waals surface area contributed by atoms with E-state index in [0.29, 0.717) is 36.2 Å². The average Bonchev–Trinajstić information content (AvgIpc) is 3.15. The average molecular weight is 442 g/mol. The Labute approximate surface area is 183 Å². The number of nitriles is 1. The van der Waals surface area contributed by atoms with Crippen molar-refractivity contribution in [3.05, 3.63) is 50.6 Å². The number of hydrogen-bond donors (Lipinski definition) is 0. The molecular formula is C22H23N3O3S2. The Bertz CT molecular complexity index is 1130. The van der Waals surface area contributed by atoms with Crippen molar-refractivity contribution in [2.45, 2.75) is 37.4 Å². The van der Waals surface area contributed by atoms with Gasteiger partial charge in [0, 0.05) is 17.7 Å². The van der Waals surface area contributed by atoms with Gasteiger partial charge >= 0.3 is 0 Å². The number of nitrogens with zero attached hydrogens (tertiary/aromatic N) is 3. The largest absolute Gasteiger partial charge is 0.493 e. The minimum atomic E-state index is 0.0481. The number of fused-ring (bicyclic) bond motifs is 3. The van der Waals surface area contributed by atoms with Crippen molar-refractivity contribution >= 4 is 33.3 Å². The second-order valence-electron chi connectivity index (χ2n) is 7.07. The number of aryl methyl sites for hydroxylation is 2. The molecule has 0 amide bonds. The lowest BCUT2D eigenvalue weighted by Gasteiger charge is -2.13. The van der Waals surface area contributed by atoms with Gasteiger partial charge in [0.15, 0.2) is 5.16 Å². The molecular weight excluding hydrogens is 418 g/mol. The maximum absolute atomic E-state index is 13.3. The summed E-state index contributed by atoms with van der Waals surface area (Å²) in [4.78, 5) is 20.3. The molecule has 0 spiro atoms. The minimum Gasteiger partial charge on any atom is -0.493 e. The van der Waals surface area contributed by atoms with Crippen LogP contribution in [0.4, 0.5) is 0 Å². The molecule has 6 nitrogen and oxygen atoms in total. The van der Waals surface area contributed by atoms with E-state index in [2.05, 4.69) is 6.07 Å². The number of methoxy groups -OCH3 is 1. The zero-order chi connectivity index (χ0) is 20.9. The summed E-state index contributed by atoms with van der Waals surface area (Å²) in [5.41, 5.74) is 1.87. The number of thiophene rings is 1. The normalized spacial score (nSPS) is 13.2. The molecule has 8 heteroatoms. The first kappa shape index (κ1) is 20.9. The maximum atomic E-state index is 13.3. The van der Waals surface area contributed by atoms with Crippen LogP contribution in [0, 0.1) is 11.3 Å². The van der Waals surface area contributed by atoms with Crippen molar-refractivity contribution in [2.24, 2.45) is 0 Å². The third-order valence-corrected chi connectivity index (χ3v) is 7.25. The van der Waals surface area contributed by atoms with Gasteiger partial charge in [0.1, 0.15) is 10.6 Å². The molecule has 0 radical (unpaired) electrons. The van der Waals surface area contributed by atoms with E-state index in [1.165, 1.54) is 28.6 Å². The van der Waals surface area contributed by atoms with Crippen molar-refractivity contribution in [3.63, 3.8) is 0 Å². The van der Waals surface area contributed by atoms with Crippen LogP contribution in [0.25, 0.3) is 10.2 Å². The first-order valence-corrected chi connectivity index (χ1v) is 11.8. The van der Waals surface area contributed by atoms with Crippen LogP contribution in [0.2, 0.25) is 0 Å². The molecule has 1 aliphatic rings. The monoisotopic (exact) mass is 441 g/mol. The van der Waals surface area contributed by atoms with E-state index in [-0.39, 0.29) is 5.56 Å². The summed E-state index contributed by atoms with van der Waals surface area (Å²) in [6.45, 7) is 1.44.